The Bertz CT molecular complexity index is 266. The van der Waals surface area contributed by atoms with Crippen LogP contribution in [0.5, 0.6) is 0 Å². The van der Waals surface area contributed by atoms with Crippen LogP contribution in [-0.4, -0.2) is 17.9 Å². The molecule has 0 aliphatic carbocycles. The van der Waals surface area contributed by atoms with Crippen LogP contribution in [0.2, 0.25) is 0 Å². The predicted molar refractivity (Wildman–Crippen MR) is 60.0 cm³/mol. The van der Waals surface area contributed by atoms with Gasteiger partial charge in [-0.1, -0.05) is 25.5 Å². The van der Waals surface area contributed by atoms with E-state index in [-0.39, 0.29) is 11.8 Å². The van der Waals surface area contributed by atoms with Gasteiger partial charge in [0, 0.05) is 5.92 Å². The molecule has 0 heterocycles. The summed E-state index contributed by atoms with van der Waals surface area (Å²) in [7, 11) is 0. The van der Waals surface area contributed by atoms with Gasteiger partial charge >= 0.3 is 0 Å². The summed E-state index contributed by atoms with van der Waals surface area (Å²) >= 11 is 0. The summed E-state index contributed by atoms with van der Waals surface area (Å²) in [6.07, 6.45) is 2.34. The van der Waals surface area contributed by atoms with Crippen LogP contribution < -0.4 is 11.1 Å². The fourth-order valence-corrected chi connectivity index (χ4v) is 0.938. The van der Waals surface area contributed by atoms with Gasteiger partial charge in [-0.15, -0.1) is 0 Å². The Labute approximate surface area is 90.9 Å². The highest BCUT2D eigenvalue weighted by Crippen LogP contribution is 2.00. The van der Waals surface area contributed by atoms with E-state index in [0.29, 0.717) is 6.42 Å². The number of allylic oxidation sites excluding steroid dienone is 1. The second-order valence-electron chi connectivity index (χ2n) is 4.14. The van der Waals surface area contributed by atoms with Crippen LogP contribution in [0.15, 0.2) is 11.6 Å². The Kier molecular flexibility index (Phi) is 5.67. The van der Waals surface area contributed by atoms with E-state index in [1.165, 1.54) is 0 Å². The van der Waals surface area contributed by atoms with Gasteiger partial charge in [-0.2, -0.15) is 0 Å². The molecule has 4 nitrogen and oxygen atoms in total. The van der Waals surface area contributed by atoms with Crippen molar-refractivity contribution < 1.29 is 9.59 Å². The minimum absolute atomic E-state index is 0.140. The second kappa shape index (κ2) is 6.22. The molecule has 0 aliphatic rings. The van der Waals surface area contributed by atoms with Gasteiger partial charge in [0.1, 0.15) is 6.04 Å². The molecule has 0 aromatic carbocycles. The molecule has 2 amide bonds. The maximum Gasteiger partial charge on any atom is 0.240 e. The topological polar surface area (TPSA) is 72.2 Å². The van der Waals surface area contributed by atoms with Crippen molar-refractivity contribution in [2.24, 2.45) is 11.7 Å². The first kappa shape index (κ1) is 13.7. The first-order valence-electron chi connectivity index (χ1n) is 5.07. The van der Waals surface area contributed by atoms with E-state index in [2.05, 4.69) is 5.32 Å². The van der Waals surface area contributed by atoms with Gasteiger partial charge in [-0.05, 0) is 20.3 Å². The quantitative estimate of drug-likeness (QED) is 0.666. The maximum absolute atomic E-state index is 11.4. The minimum atomic E-state index is -0.602. The van der Waals surface area contributed by atoms with E-state index < -0.39 is 11.9 Å². The van der Waals surface area contributed by atoms with Crippen molar-refractivity contribution in [3.05, 3.63) is 11.6 Å². The van der Waals surface area contributed by atoms with E-state index in [9.17, 15) is 9.59 Å². The van der Waals surface area contributed by atoms with Crippen molar-refractivity contribution in [3.8, 4) is 0 Å². The summed E-state index contributed by atoms with van der Waals surface area (Å²) in [4.78, 5) is 22.4. The van der Waals surface area contributed by atoms with Crippen LogP contribution in [0.3, 0.4) is 0 Å². The number of carbonyl (C=O) groups is 2. The number of hydrogen-bond donors (Lipinski definition) is 2. The molecule has 4 heteroatoms. The first-order valence-corrected chi connectivity index (χ1v) is 5.07. The molecule has 0 aromatic rings. The van der Waals surface area contributed by atoms with Gasteiger partial charge in [0.25, 0.3) is 0 Å². The van der Waals surface area contributed by atoms with Crippen LogP contribution in [0.1, 0.15) is 34.1 Å². The SMILES string of the molecule is CC(C)=CC[C@@H](NC(=O)C(C)C)C(N)=O. The fraction of sp³-hybridized carbons (Fsp3) is 0.636. The van der Waals surface area contributed by atoms with E-state index in [0.717, 1.165) is 5.57 Å². The first-order chi connectivity index (χ1) is 6.84. The van der Waals surface area contributed by atoms with Crippen LogP contribution >= 0.6 is 0 Å². The molecule has 0 aromatic heterocycles. The number of primary amides is 1. The highest BCUT2D eigenvalue weighted by molar-refractivity contribution is 5.87. The standard InChI is InChI=1S/C11H20N2O2/c1-7(2)5-6-9(10(12)14)13-11(15)8(3)4/h5,8-9H,6H2,1-4H3,(H2,12,14)(H,13,15)/t9-/m1/s1. The maximum atomic E-state index is 11.4. The number of carbonyl (C=O) groups excluding carboxylic acids is 2. The number of hydrogen-bond acceptors (Lipinski definition) is 2. The zero-order valence-electron chi connectivity index (χ0n) is 9.83. The summed E-state index contributed by atoms with van der Waals surface area (Å²) in [5.74, 6) is -0.791. The third-order valence-electron chi connectivity index (χ3n) is 1.95. The van der Waals surface area contributed by atoms with Crippen LogP contribution in [0, 0.1) is 5.92 Å². The van der Waals surface area contributed by atoms with Crippen molar-refractivity contribution in [3.63, 3.8) is 0 Å². The van der Waals surface area contributed by atoms with Crippen LogP contribution in [0.4, 0.5) is 0 Å². The molecule has 0 bridgehead atoms. The fourth-order valence-electron chi connectivity index (χ4n) is 0.938. The van der Waals surface area contributed by atoms with Crippen LogP contribution in [0.25, 0.3) is 0 Å². The van der Waals surface area contributed by atoms with Gasteiger partial charge in [-0.25, -0.2) is 0 Å². The average Bonchev–Trinajstić information content (AvgIpc) is 2.10. The average molecular weight is 212 g/mol. The second-order valence-corrected chi connectivity index (χ2v) is 4.14. The molecule has 15 heavy (non-hydrogen) atoms. The lowest BCUT2D eigenvalue weighted by molar-refractivity contribution is -0.129. The molecule has 86 valence electrons. The number of amides is 2. The minimum Gasteiger partial charge on any atom is -0.368 e. The molecular weight excluding hydrogens is 192 g/mol. The van der Waals surface area contributed by atoms with Gasteiger partial charge in [0.2, 0.25) is 11.8 Å². The molecule has 0 rings (SSSR count). The molecule has 0 unspecified atom stereocenters. The summed E-state index contributed by atoms with van der Waals surface area (Å²) in [5.41, 5.74) is 6.29. The summed E-state index contributed by atoms with van der Waals surface area (Å²) < 4.78 is 0. The number of rotatable bonds is 5. The zero-order chi connectivity index (χ0) is 12.0. The molecular formula is C11H20N2O2. The summed E-state index contributed by atoms with van der Waals surface area (Å²) in [6, 6.07) is -0.602. The third kappa shape index (κ3) is 5.88. The molecule has 0 saturated carbocycles. The molecule has 0 saturated heterocycles. The number of nitrogens with two attached hydrogens (primary N) is 1. The zero-order valence-corrected chi connectivity index (χ0v) is 9.83. The van der Waals surface area contributed by atoms with E-state index in [4.69, 9.17) is 5.73 Å². The monoisotopic (exact) mass is 212 g/mol. The van der Waals surface area contributed by atoms with Gasteiger partial charge in [-0.3, -0.25) is 9.59 Å². The molecule has 3 N–H and O–H groups in total. The van der Waals surface area contributed by atoms with Crippen LogP contribution in [-0.2, 0) is 9.59 Å². The third-order valence-corrected chi connectivity index (χ3v) is 1.95. The Morgan fingerprint density at radius 1 is 1.33 bits per heavy atom. The lowest BCUT2D eigenvalue weighted by Gasteiger charge is -2.15. The van der Waals surface area contributed by atoms with E-state index in [1.807, 2.05) is 19.9 Å². The highest BCUT2D eigenvalue weighted by atomic mass is 16.2. The summed E-state index contributed by atoms with van der Waals surface area (Å²) in [6.45, 7) is 7.41. The van der Waals surface area contributed by atoms with Crippen molar-refractivity contribution in [1.29, 1.82) is 0 Å². The lowest BCUT2D eigenvalue weighted by atomic mass is 10.1. The largest absolute Gasteiger partial charge is 0.368 e. The van der Waals surface area contributed by atoms with Gasteiger partial charge in [0.05, 0.1) is 0 Å². The molecule has 0 radical (unpaired) electrons. The van der Waals surface area contributed by atoms with Crippen molar-refractivity contribution in [1.82, 2.24) is 5.32 Å². The van der Waals surface area contributed by atoms with Crippen molar-refractivity contribution in [2.75, 3.05) is 0 Å². The van der Waals surface area contributed by atoms with Crippen molar-refractivity contribution in [2.45, 2.75) is 40.2 Å². The predicted octanol–water partition coefficient (Wildman–Crippen LogP) is 0.969. The van der Waals surface area contributed by atoms with Crippen molar-refractivity contribution >= 4 is 11.8 Å². The Morgan fingerprint density at radius 2 is 1.87 bits per heavy atom. The highest BCUT2D eigenvalue weighted by Gasteiger charge is 2.18. The Hall–Kier alpha value is -1.32. The number of nitrogens with one attached hydrogen (secondary N) is 1. The van der Waals surface area contributed by atoms with E-state index >= 15 is 0 Å². The van der Waals surface area contributed by atoms with Gasteiger partial charge < -0.3 is 11.1 Å². The smallest absolute Gasteiger partial charge is 0.240 e. The molecule has 0 spiro atoms. The Morgan fingerprint density at radius 3 is 2.20 bits per heavy atom. The van der Waals surface area contributed by atoms with E-state index in [1.54, 1.807) is 13.8 Å². The summed E-state index contributed by atoms with van der Waals surface area (Å²) in [5, 5.41) is 2.61. The Balaban J connectivity index is 4.36. The van der Waals surface area contributed by atoms with Gasteiger partial charge in [0.15, 0.2) is 0 Å². The lowest BCUT2D eigenvalue weighted by Crippen LogP contribution is -2.45. The molecule has 0 aliphatic heterocycles. The molecule has 1 atom stereocenters. The normalized spacial score (nSPS) is 12.1. The molecule has 0 fully saturated rings.